The van der Waals surface area contributed by atoms with Crippen molar-refractivity contribution in [1.82, 2.24) is 9.62 Å². The van der Waals surface area contributed by atoms with Crippen LogP contribution in [0.15, 0.2) is 53.4 Å². The number of nitrogens with zero attached hydrogens (tertiary/aromatic N) is 2. The van der Waals surface area contributed by atoms with Crippen LogP contribution in [0.5, 0.6) is 0 Å². The molecule has 0 saturated carbocycles. The summed E-state index contributed by atoms with van der Waals surface area (Å²) in [5.74, 6) is -0.0501. The highest BCUT2D eigenvalue weighted by atomic mass is 32.2. The molecule has 0 spiro atoms. The van der Waals surface area contributed by atoms with Crippen LogP contribution in [0.4, 0.5) is 5.69 Å². The van der Waals surface area contributed by atoms with Gasteiger partial charge in [-0.3, -0.25) is 4.79 Å². The first kappa shape index (κ1) is 22.3. The Labute approximate surface area is 179 Å². The molecule has 0 bridgehead atoms. The summed E-state index contributed by atoms with van der Waals surface area (Å²) in [6, 6.07) is 15.0. The molecule has 1 N–H and O–H groups in total. The second-order valence-electron chi connectivity index (χ2n) is 8.79. The van der Waals surface area contributed by atoms with Gasteiger partial charge in [0.15, 0.2) is 0 Å². The molecule has 2 aromatic rings. The first-order chi connectivity index (χ1) is 14.1. The SMILES string of the molecule is CN1CCN(C(=O)CCNS(=O)(=O)c2ccc(C(C)(C)C)cc2)Cc2ccccc21. The lowest BCUT2D eigenvalue weighted by Gasteiger charge is -2.21. The fourth-order valence-corrected chi connectivity index (χ4v) is 4.61. The van der Waals surface area contributed by atoms with E-state index in [0.29, 0.717) is 13.1 Å². The van der Waals surface area contributed by atoms with E-state index in [2.05, 4.69) is 36.5 Å². The molecule has 1 aliphatic heterocycles. The Hall–Kier alpha value is -2.38. The summed E-state index contributed by atoms with van der Waals surface area (Å²) in [7, 11) is -1.62. The highest BCUT2D eigenvalue weighted by Crippen LogP contribution is 2.24. The largest absolute Gasteiger partial charge is 0.373 e. The Bertz CT molecular complexity index is 995. The van der Waals surface area contributed by atoms with Gasteiger partial charge >= 0.3 is 0 Å². The topological polar surface area (TPSA) is 69.7 Å². The molecule has 1 heterocycles. The van der Waals surface area contributed by atoms with Crippen molar-refractivity contribution in [3.8, 4) is 0 Å². The van der Waals surface area contributed by atoms with Crippen molar-refractivity contribution in [1.29, 1.82) is 0 Å². The summed E-state index contributed by atoms with van der Waals surface area (Å²) in [5, 5.41) is 0. The van der Waals surface area contributed by atoms with Crippen molar-refractivity contribution >= 4 is 21.6 Å². The van der Waals surface area contributed by atoms with Crippen LogP contribution in [0.25, 0.3) is 0 Å². The van der Waals surface area contributed by atoms with Crippen LogP contribution in [-0.4, -0.2) is 45.9 Å². The summed E-state index contributed by atoms with van der Waals surface area (Å²) >= 11 is 0. The molecule has 0 aromatic heterocycles. The average molecular weight is 430 g/mol. The van der Waals surface area contributed by atoms with Crippen LogP contribution in [-0.2, 0) is 26.8 Å². The molecule has 162 valence electrons. The van der Waals surface area contributed by atoms with Gasteiger partial charge in [-0.1, -0.05) is 51.1 Å². The number of carbonyl (C=O) groups is 1. The Morgan fingerprint density at radius 1 is 1.03 bits per heavy atom. The number of hydrogen-bond donors (Lipinski definition) is 1. The number of sulfonamides is 1. The minimum atomic E-state index is -3.64. The number of rotatable bonds is 5. The molecule has 0 saturated heterocycles. The summed E-state index contributed by atoms with van der Waals surface area (Å²) in [5.41, 5.74) is 3.27. The lowest BCUT2D eigenvalue weighted by atomic mass is 9.87. The van der Waals surface area contributed by atoms with Crippen LogP contribution >= 0.6 is 0 Å². The minimum Gasteiger partial charge on any atom is -0.373 e. The number of amides is 1. The Morgan fingerprint density at radius 2 is 1.70 bits per heavy atom. The number of hydrogen-bond acceptors (Lipinski definition) is 4. The average Bonchev–Trinajstić information content (AvgIpc) is 2.86. The molecule has 6 nitrogen and oxygen atoms in total. The van der Waals surface area contributed by atoms with Crippen LogP contribution in [0.2, 0.25) is 0 Å². The maximum atomic E-state index is 12.7. The molecule has 1 aliphatic rings. The van der Waals surface area contributed by atoms with Crippen LogP contribution < -0.4 is 9.62 Å². The number of anilines is 1. The van der Waals surface area contributed by atoms with E-state index in [9.17, 15) is 13.2 Å². The van der Waals surface area contributed by atoms with Gasteiger partial charge in [-0.15, -0.1) is 0 Å². The fraction of sp³-hybridized carbons (Fsp3) is 0.435. The number of carbonyl (C=O) groups excluding carboxylic acids is 1. The van der Waals surface area contributed by atoms with Gasteiger partial charge in [0, 0.05) is 45.3 Å². The number of fused-ring (bicyclic) bond motifs is 1. The third kappa shape index (κ3) is 5.21. The Kier molecular flexibility index (Phi) is 6.53. The molecule has 0 unspecified atom stereocenters. The lowest BCUT2D eigenvalue weighted by Crippen LogP contribution is -2.36. The van der Waals surface area contributed by atoms with Crippen LogP contribution in [0.3, 0.4) is 0 Å². The van der Waals surface area contributed by atoms with Crippen molar-refractivity contribution in [2.75, 3.05) is 31.6 Å². The predicted octanol–water partition coefficient (Wildman–Crippen LogP) is 3.13. The van der Waals surface area contributed by atoms with Gasteiger partial charge < -0.3 is 9.80 Å². The van der Waals surface area contributed by atoms with E-state index in [4.69, 9.17) is 0 Å². The minimum absolute atomic E-state index is 0.0397. The van der Waals surface area contributed by atoms with Crippen LogP contribution in [0, 0.1) is 0 Å². The highest BCUT2D eigenvalue weighted by Gasteiger charge is 2.22. The summed E-state index contributed by atoms with van der Waals surface area (Å²) < 4.78 is 27.7. The molecular formula is C23H31N3O3S. The van der Waals surface area contributed by atoms with E-state index in [-0.39, 0.29) is 29.2 Å². The first-order valence-electron chi connectivity index (χ1n) is 10.2. The van der Waals surface area contributed by atoms with Crippen LogP contribution in [0.1, 0.15) is 38.3 Å². The van der Waals surface area contributed by atoms with Gasteiger partial charge in [-0.05, 0) is 34.7 Å². The van der Waals surface area contributed by atoms with Gasteiger partial charge in [0.2, 0.25) is 15.9 Å². The number of likely N-dealkylation sites (N-methyl/N-ethyl adjacent to an activating group) is 1. The lowest BCUT2D eigenvalue weighted by molar-refractivity contribution is -0.131. The van der Waals surface area contributed by atoms with E-state index in [0.717, 1.165) is 23.4 Å². The van der Waals surface area contributed by atoms with E-state index >= 15 is 0 Å². The van der Waals surface area contributed by atoms with Gasteiger partial charge in [0.05, 0.1) is 4.90 Å². The molecule has 0 radical (unpaired) electrons. The van der Waals surface area contributed by atoms with E-state index in [1.54, 1.807) is 17.0 Å². The number of para-hydroxylation sites is 1. The van der Waals surface area contributed by atoms with Gasteiger partial charge in [-0.2, -0.15) is 0 Å². The van der Waals surface area contributed by atoms with Crippen molar-refractivity contribution in [3.63, 3.8) is 0 Å². The van der Waals surface area contributed by atoms with Crippen molar-refractivity contribution < 1.29 is 13.2 Å². The monoisotopic (exact) mass is 429 g/mol. The van der Waals surface area contributed by atoms with Crippen molar-refractivity contribution in [2.24, 2.45) is 0 Å². The Balaban J connectivity index is 1.58. The first-order valence-corrected chi connectivity index (χ1v) is 11.7. The molecule has 1 amide bonds. The van der Waals surface area contributed by atoms with E-state index < -0.39 is 10.0 Å². The third-order valence-corrected chi connectivity index (χ3v) is 6.96. The standard InChI is InChI=1S/C23H31N3O3S/c1-23(2,3)19-9-11-20(12-10-19)30(28,29)24-14-13-22(27)26-16-15-25(4)21-8-6-5-7-18(21)17-26/h5-12,24H,13-17H2,1-4H3. The molecule has 0 fully saturated rings. The summed E-state index contributed by atoms with van der Waals surface area (Å²) in [6.45, 7) is 8.23. The maximum Gasteiger partial charge on any atom is 0.240 e. The Morgan fingerprint density at radius 3 is 2.37 bits per heavy atom. The quantitative estimate of drug-likeness (QED) is 0.793. The molecule has 7 heteroatoms. The van der Waals surface area contributed by atoms with Crippen molar-refractivity contribution in [3.05, 3.63) is 59.7 Å². The molecule has 2 aromatic carbocycles. The second-order valence-corrected chi connectivity index (χ2v) is 10.6. The summed E-state index contributed by atoms with van der Waals surface area (Å²) in [6.07, 6.45) is 0.130. The van der Waals surface area contributed by atoms with Gasteiger partial charge in [0.25, 0.3) is 0 Å². The van der Waals surface area contributed by atoms with Crippen molar-refractivity contribution in [2.45, 2.75) is 44.0 Å². The van der Waals surface area contributed by atoms with E-state index in [1.807, 2.05) is 37.4 Å². The highest BCUT2D eigenvalue weighted by molar-refractivity contribution is 7.89. The molecule has 3 rings (SSSR count). The zero-order valence-electron chi connectivity index (χ0n) is 18.2. The maximum absolute atomic E-state index is 12.7. The fourth-order valence-electron chi connectivity index (χ4n) is 3.57. The molecule has 30 heavy (non-hydrogen) atoms. The third-order valence-electron chi connectivity index (χ3n) is 5.48. The smallest absolute Gasteiger partial charge is 0.240 e. The van der Waals surface area contributed by atoms with E-state index in [1.165, 1.54) is 0 Å². The van der Waals surface area contributed by atoms with Gasteiger partial charge in [0.1, 0.15) is 0 Å². The predicted molar refractivity (Wildman–Crippen MR) is 120 cm³/mol. The normalized spacial score (nSPS) is 14.9. The second kappa shape index (κ2) is 8.78. The number of nitrogens with one attached hydrogen (secondary N) is 1. The molecular weight excluding hydrogens is 398 g/mol. The zero-order chi connectivity index (χ0) is 21.9. The molecule has 0 atom stereocenters. The van der Waals surface area contributed by atoms with Gasteiger partial charge in [-0.25, -0.2) is 13.1 Å². The summed E-state index contributed by atoms with van der Waals surface area (Å²) in [4.78, 5) is 16.9. The number of benzene rings is 2. The zero-order valence-corrected chi connectivity index (χ0v) is 19.0. The molecule has 0 aliphatic carbocycles.